The number of hydrogen-bond acceptors (Lipinski definition) is 1. The van der Waals surface area contributed by atoms with Crippen LogP contribution in [0.15, 0.2) is 23.8 Å². The average Bonchev–Trinajstić information content (AvgIpc) is 2.28. The van der Waals surface area contributed by atoms with E-state index in [1.54, 1.807) is 0 Å². The second-order valence-electron chi connectivity index (χ2n) is 6.59. The molecule has 0 radical (unpaired) electrons. The smallest absolute Gasteiger partial charge is 0.0791 e. The second kappa shape index (κ2) is 4.61. The molecule has 2 aliphatic carbocycles. The monoisotopic (exact) mass is 234 g/mol. The van der Waals surface area contributed by atoms with Crippen LogP contribution in [0.1, 0.15) is 46.5 Å². The maximum absolute atomic E-state index is 5.55. The summed E-state index contributed by atoms with van der Waals surface area (Å²) in [7, 11) is 1.81. The van der Waals surface area contributed by atoms with Crippen LogP contribution in [0.4, 0.5) is 0 Å². The molecule has 0 spiro atoms. The van der Waals surface area contributed by atoms with Gasteiger partial charge in [-0.15, -0.1) is 0 Å². The fraction of sp³-hybridized carbons (Fsp3) is 0.750. The third-order valence-electron chi connectivity index (χ3n) is 4.85. The van der Waals surface area contributed by atoms with E-state index in [0.29, 0.717) is 5.41 Å². The Morgan fingerprint density at radius 2 is 2.12 bits per heavy atom. The van der Waals surface area contributed by atoms with Gasteiger partial charge in [-0.2, -0.15) is 0 Å². The van der Waals surface area contributed by atoms with Crippen molar-refractivity contribution in [2.24, 2.45) is 17.3 Å². The highest BCUT2D eigenvalue weighted by Gasteiger charge is 2.47. The van der Waals surface area contributed by atoms with Crippen LogP contribution in [0.2, 0.25) is 0 Å². The van der Waals surface area contributed by atoms with Crippen molar-refractivity contribution < 1.29 is 4.74 Å². The summed E-state index contributed by atoms with van der Waals surface area (Å²) in [5.74, 6) is 1.57. The molecule has 2 aliphatic rings. The molecule has 1 fully saturated rings. The van der Waals surface area contributed by atoms with Crippen molar-refractivity contribution in [1.82, 2.24) is 0 Å². The lowest BCUT2D eigenvalue weighted by atomic mass is 9.52. The summed E-state index contributed by atoms with van der Waals surface area (Å²) in [5.41, 5.74) is 3.40. The molecule has 0 aliphatic heterocycles. The molecule has 1 nitrogen and oxygen atoms in total. The standard InChI is InChI=1S/C16H26O/c1-11-6-7-15-14(10-16(15,3)4)12(2)9-13(8-11)17-5/h8,13-15H,2,6-7,9-10H2,1,3-5H3. The van der Waals surface area contributed by atoms with Gasteiger partial charge in [-0.05, 0) is 49.9 Å². The highest BCUT2D eigenvalue weighted by atomic mass is 16.5. The van der Waals surface area contributed by atoms with E-state index in [1.165, 1.54) is 30.4 Å². The molecular formula is C16H26O. The van der Waals surface area contributed by atoms with E-state index < -0.39 is 0 Å². The van der Waals surface area contributed by atoms with Gasteiger partial charge in [0.05, 0.1) is 6.10 Å². The fourth-order valence-corrected chi connectivity index (χ4v) is 3.67. The summed E-state index contributed by atoms with van der Waals surface area (Å²) in [6.07, 6.45) is 7.39. The lowest BCUT2D eigenvalue weighted by Gasteiger charge is -2.53. The van der Waals surface area contributed by atoms with E-state index in [1.807, 2.05) is 7.11 Å². The Labute approximate surface area is 106 Å². The molecule has 1 saturated carbocycles. The van der Waals surface area contributed by atoms with Gasteiger partial charge in [0.25, 0.3) is 0 Å². The third kappa shape index (κ3) is 2.49. The number of allylic oxidation sites excluding steroid dienone is 1. The van der Waals surface area contributed by atoms with Gasteiger partial charge in [0, 0.05) is 7.11 Å². The lowest BCUT2D eigenvalue weighted by Crippen LogP contribution is -2.44. The Balaban J connectivity index is 2.16. The lowest BCUT2D eigenvalue weighted by molar-refractivity contribution is 0.00123. The molecule has 0 aromatic heterocycles. The van der Waals surface area contributed by atoms with Crippen molar-refractivity contribution in [3.63, 3.8) is 0 Å². The molecule has 0 aromatic rings. The van der Waals surface area contributed by atoms with Gasteiger partial charge in [0.15, 0.2) is 0 Å². The molecule has 0 N–H and O–H groups in total. The number of methoxy groups -OCH3 is 1. The van der Waals surface area contributed by atoms with Gasteiger partial charge in [-0.1, -0.05) is 37.6 Å². The molecule has 0 amide bonds. The van der Waals surface area contributed by atoms with Crippen molar-refractivity contribution in [1.29, 1.82) is 0 Å². The first-order valence-corrected chi connectivity index (χ1v) is 6.82. The third-order valence-corrected chi connectivity index (χ3v) is 4.85. The Morgan fingerprint density at radius 3 is 2.71 bits per heavy atom. The summed E-state index contributed by atoms with van der Waals surface area (Å²) in [5, 5.41) is 0. The highest BCUT2D eigenvalue weighted by Crippen LogP contribution is 2.56. The van der Waals surface area contributed by atoms with E-state index in [9.17, 15) is 0 Å². The van der Waals surface area contributed by atoms with Crippen molar-refractivity contribution in [3.8, 4) is 0 Å². The minimum Gasteiger partial charge on any atom is -0.377 e. The average molecular weight is 234 g/mol. The van der Waals surface area contributed by atoms with Gasteiger partial charge in [-0.3, -0.25) is 0 Å². The van der Waals surface area contributed by atoms with Crippen molar-refractivity contribution in [2.75, 3.05) is 7.11 Å². The van der Waals surface area contributed by atoms with E-state index >= 15 is 0 Å². The Hall–Kier alpha value is -0.560. The molecule has 0 bridgehead atoms. The van der Waals surface area contributed by atoms with Crippen LogP contribution in [0, 0.1) is 17.3 Å². The number of fused-ring (bicyclic) bond motifs is 1. The predicted molar refractivity (Wildman–Crippen MR) is 72.9 cm³/mol. The van der Waals surface area contributed by atoms with Crippen LogP contribution in [0.5, 0.6) is 0 Å². The quantitative estimate of drug-likeness (QED) is 0.613. The van der Waals surface area contributed by atoms with Crippen LogP contribution in [-0.4, -0.2) is 13.2 Å². The first kappa shape index (κ1) is 12.9. The maximum atomic E-state index is 5.55. The van der Waals surface area contributed by atoms with E-state index in [0.717, 1.165) is 18.3 Å². The summed E-state index contributed by atoms with van der Waals surface area (Å²) >= 11 is 0. The van der Waals surface area contributed by atoms with Gasteiger partial charge in [-0.25, -0.2) is 0 Å². The summed E-state index contributed by atoms with van der Waals surface area (Å²) in [6.45, 7) is 11.4. The summed E-state index contributed by atoms with van der Waals surface area (Å²) in [4.78, 5) is 0. The van der Waals surface area contributed by atoms with Crippen LogP contribution < -0.4 is 0 Å². The highest BCUT2D eigenvalue weighted by molar-refractivity contribution is 5.18. The molecule has 96 valence electrons. The largest absolute Gasteiger partial charge is 0.377 e. The summed E-state index contributed by atoms with van der Waals surface area (Å²) in [6, 6.07) is 0. The zero-order valence-corrected chi connectivity index (χ0v) is 11.8. The van der Waals surface area contributed by atoms with Crippen LogP contribution in [-0.2, 0) is 4.74 Å². The van der Waals surface area contributed by atoms with Crippen molar-refractivity contribution in [2.45, 2.75) is 52.6 Å². The molecule has 2 rings (SSSR count). The summed E-state index contributed by atoms with van der Waals surface area (Å²) < 4.78 is 5.55. The van der Waals surface area contributed by atoms with E-state index in [-0.39, 0.29) is 6.10 Å². The molecule has 3 atom stereocenters. The maximum Gasteiger partial charge on any atom is 0.0791 e. The van der Waals surface area contributed by atoms with E-state index in [4.69, 9.17) is 4.74 Å². The fourth-order valence-electron chi connectivity index (χ4n) is 3.67. The van der Waals surface area contributed by atoms with Crippen LogP contribution in [0.25, 0.3) is 0 Å². The Kier molecular flexibility index (Phi) is 3.49. The number of ether oxygens (including phenoxy) is 1. The number of hydrogen-bond donors (Lipinski definition) is 0. The van der Waals surface area contributed by atoms with Crippen molar-refractivity contribution >= 4 is 0 Å². The Morgan fingerprint density at radius 1 is 1.41 bits per heavy atom. The zero-order chi connectivity index (χ0) is 12.6. The molecule has 1 heteroatoms. The molecule has 0 aromatic carbocycles. The molecule has 3 unspecified atom stereocenters. The first-order valence-electron chi connectivity index (χ1n) is 6.82. The van der Waals surface area contributed by atoms with Crippen LogP contribution in [0.3, 0.4) is 0 Å². The normalized spacial score (nSPS) is 37.1. The minimum absolute atomic E-state index is 0.241. The van der Waals surface area contributed by atoms with E-state index in [2.05, 4.69) is 33.4 Å². The Bertz CT molecular complexity index is 337. The van der Waals surface area contributed by atoms with Gasteiger partial charge < -0.3 is 4.74 Å². The molecular weight excluding hydrogens is 208 g/mol. The first-order chi connectivity index (χ1) is 7.94. The zero-order valence-electron chi connectivity index (χ0n) is 11.8. The topological polar surface area (TPSA) is 9.23 Å². The van der Waals surface area contributed by atoms with Gasteiger partial charge in [0.2, 0.25) is 0 Å². The van der Waals surface area contributed by atoms with Crippen LogP contribution >= 0.6 is 0 Å². The number of rotatable bonds is 1. The van der Waals surface area contributed by atoms with Crippen molar-refractivity contribution in [3.05, 3.63) is 23.8 Å². The van der Waals surface area contributed by atoms with Gasteiger partial charge >= 0.3 is 0 Å². The SMILES string of the molecule is C=C1CC(OC)C=C(C)CCC2C1CC2(C)C. The molecule has 17 heavy (non-hydrogen) atoms. The molecule has 0 heterocycles. The molecule has 0 saturated heterocycles. The predicted octanol–water partition coefficient (Wildman–Crippen LogP) is 4.35. The second-order valence-corrected chi connectivity index (χ2v) is 6.59. The minimum atomic E-state index is 0.241. The van der Waals surface area contributed by atoms with Gasteiger partial charge in [0.1, 0.15) is 0 Å².